The monoisotopic (exact) mass is 334 g/mol. The summed E-state index contributed by atoms with van der Waals surface area (Å²) >= 11 is 0. The van der Waals surface area contributed by atoms with E-state index in [0.29, 0.717) is 12.5 Å². The average molecular weight is 334 g/mol. The van der Waals surface area contributed by atoms with E-state index in [1.54, 1.807) is 0 Å². The number of rotatable bonds is 3. The van der Waals surface area contributed by atoms with Gasteiger partial charge in [-0.15, -0.1) is 0 Å². The maximum Gasteiger partial charge on any atom is 0.226 e. The molecule has 2 heterocycles. The highest BCUT2D eigenvalue weighted by atomic mass is 16.2. The number of amides is 1. The van der Waals surface area contributed by atoms with Crippen LogP contribution in [0, 0.1) is 6.92 Å². The Labute approximate surface area is 150 Å². The first-order valence-corrected chi connectivity index (χ1v) is 9.42. The van der Waals surface area contributed by atoms with E-state index in [2.05, 4.69) is 54.7 Å². The lowest BCUT2D eigenvalue weighted by Gasteiger charge is -2.28. The number of hydrogen-bond donors (Lipinski definition) is 1. The molecule has 4 rings (SSSR count). The smallest absolute Gasteiger partial charge is 0.226 e. The SMILES string of the molecule is Cc1cccc([C@@H]2CCc3cc(CC(=O)N4CCCC4)ccc3N2)c1. The molecule has 0 aromatic heterocycles. The van der Waals surface area contributed by atoms with Crippen LogP contribution >= 0.6 is 0 Å². The Balaban J connectivity index is 1.46. The second kappa shape index (κ2) is 6.91. The summed E-state index contributed by atoms with van der Waals surface area (Å²) in [7, 11) is 0. The zero-order valence-electron chi connectivity index (χ0n) is 14.9. The van der Waals surface area contributed by atoms with Crippen molar-refractivity contribution in [1.82, 2.24) is 4.90 Å². The molecule has 1 saturated heterocycles. The van der Waals surface area contributed by atoms with E-state index >= 15 is 0 Å². The van der Waals surface area contributed by atoms with E-state index in [1.807, 2.05) is 4.90 Å². The van der Waals surface area contributed by atoms with Gasteiger partial charge < -0.3 is 10.2 Å². The fraction of sp³-hybridized carbons (Fsp3) is 0.409. The summed E-state index contributed by atoms with van der Waals surface area (Å²) in [5.41, 5.74) is 6.37. The van der Waals surface area contributed by atoms with E-state index in [9.17, 15) is 4.79 Å². The quantitative estimate of drug-likeness (QED) is 0.909. The second-order valence-corrected chi connectivity index (χ2v) is 7.41. The van der Waals surface area contributed by atoms with Crippen molar-refractivity contribution in [1.29, 1.82) is 0 Å². The third-order valence-corrected chi connectivity index (χ3v) is 5.46. The molecule has 0 bridgehead atoms. The molecule has 1 fully saturated rings. The van der Waals surface area contributed by atoms with Gasteiger partial charge in [-0.05, 0) is 55.4 Å². The van der Waals surface area contributed by atoms with Crippen LogP contribution in [0.15, 0.2) is 42.5 Å². The predicted molar refractivity (Wildman–Crippen MR) is 102 cm³/mol. The Morgan fingerprint density at radius 2 is 2.00 bits per heavy atom. The molecule has 130 valence electrons. The van der Waals surface area contributed by atoms with Crippen molar-refractivity contribution in [2.75, 3.05) is 18.4 Å². The maximum atomic E-state index is 12.4. The number of anilines is 1. The molecule has 2 aromatic carbocycles. The summed E-state index contributed by atoms with van der Waals surface area (Å²) in [4.78, 5) is 14.4. The minimum Gasteiger partial charge on any atom is -0.378 e. The van der Waals surface area contributed by atoms with Crippen molar-refractivity contribution in [3.63, 3.8) is 0 Å². The third kappa shape index (κ3) is 3.55. The lowest BCUT2D eigenvalue weighted by molar-refractivity contribution is -0.129. The number of carbonyl (C=O) groups excluding carboxylic acids is 1. The Kier molecular flexibility index (Phi) is 4.48. The van der Waals surface area contributed by atoms with Crippen LogP contribution in [0.4, 0.5) is 5.69 Å². The van der Waals surface area contributed by atoms with E-state index in [1.165, 1.54) is 22.4 Å². The molecule has 0 radical (unpaired) electrons. The first-order valence-electron chi connectivity index (χ1n) is 9.42. The average Bonchev–Trinajstić information content (AvgIpc) is 3.16. The van der Waals surface area contributed by atoms with Crippen LogP contribution in [0.5, 0.6) is 0 Å². The van der Waals surface area contributed by atoms with E-state index in [-0.39, 0.29) is 5.91 Å². The molecule has 1 N–H and O–H groups in total. The van der Waals surface area contributed by atoms with Gasteiger partial charge in [0.25, 0.3) is 0 Å². The standard InChI is InChI=1S/C22H26N2O/c1-16-5-4-6-18(13-16)21-10-8-19-14-17(7-9-20(19)23-21)15-22(25)24-11-2-3-12-24/h4-7,9,13-14,21,23H,2-3,8,10-12,15H2,1H3/t21-/m0/s1. The minimum atomic E-state index is 0.277. The van der Waals surface area contributed by atoms with Crippen LogP contribution in [0.25, 0.3) is 0 Å². The lowest BCUT2D eigenvalue weighted by Crippen LogP contribution is -2.29. The van der Waals surface area contributed by atoms with Gasteiger partial charge in [0, 0.05) is 18.8 Å². The number of carbonyl (C=O) groups is 1. The normalized spacial score (nSPS) is 19.4. The van der Waals surface area contributed by atoms with Crippen molar-refractivity contribution < 1.29 is 4.79 Å². The third-order valence-electron chi connectivity index (χ3n) is 5.46. The molecule has 2 aromatic rings. The summed E-state index contributed by atoms with van der Waals surface area (Å²) in [5.74, 6) is 0.277. The maximum absolute atomic E-state index is 12.4. The molecular weight excluding hydrogens is 308 g/mol. The van der Waals surface area contributed by atoms with Crippen molar-refractivity contribution in [3.05, 3.63) is 64.7 Å². The van der Waals surface area contributed by atoms with Gasteiger partial charge in [-0.3, -0.25) is 4.79 Å². The van der Waals surface area contributed by atoms with Crippen LogP contribution < -0.4 is 5.32 Å². The number of aryl methyl sites for hydroxylation is 2. The molecule has 25 heavy (non-hydrogen) atoms. The van der Waals surface area contributed by atoms with Gasteiger partial charge in [0.2, 0.25) is 5.91 Å². The molecule has 0 saturated carbocycles. The molecule has 3 nitrogen and oxygen atoms in total. The van der Waals surface area contributed by atoms with Gasteiger partial charge >= 0.3 is 0 Å². The fourth-order valence-corrected chi connectivity index (χ4v) is 4.05. The first-order chi connectivity index (χ1) is 12.2. The number of fused-ring (bicyclic) bond motifs is 1. The van der Waals surface area contributed by atoms with Crippen molar-refractivity contribution in [2.24, 2.45) is 0 Å². The highest BCUT2D eigenvalue weighted by molar-refractivity contribution is 5.79. The van der Waals surface area contributed by atoms with Gasteiger partial charge in [0.15, 0.2) is 0 Å². The van der Waals surface area contributed by atoms with Gasteiger partial charge in [-0.2, -0.15) is 0 Å². The summed E-state index contributed by atoms with van der Waals surface area (Å²) in [6.45, 7) is 4.01. The summed E-state index contributed by atoms with van der Waals surface area (Å²) in [6, 6.07) is 15.6. The second-order valence-electron chi connectivity index (χ2n) is 7.41. The van der Waals surface area contributed by atoms with E-state index < -0.39 is 0 Å². The molecule has 0 spiro atoms. The van der Waals surface area contributed by atoms with Crippen molar-refractivity contribution >= 4 is 11.6 Å². The number of nitrogens with zero attached hydrogens (tertiary/aromatic N) is 1. The number of nitrogens with one attached hydrogen (secondary N) is 1. The van der Waals surface area contributed by atoms with E-state index in [4.69, 9.17) is 0 Å². The molecular formula is C22H26N2O. The summed E-state index contributed by atoms with van der Waals surface area (Å²) in [6.07, 6.45) is 5.00. The zero-order chi connectivity index (χ0) is 17.2. The Morgan fingerprint density at radius 1 is 1.16 bits per heavy atom. The molecule has 2 aliphatic heterocycles. The van der Waals surface area contributed by atoms with E-state index in [0.717, 1.165) is 44.3 Å². The van der Waals surface area contributed by atoms with Crippen LogP contribution in [0.2, 0.25) is 0 Å². The van der Waals surface area contributed by atoms with Gasteiger partial charge in [-0.25, -0.2) is 0 Å². The van der Waals surface area contributed by atoms with Crippen LogP contribution in [0.3, 0.4) is 0 Å². The van der Waals surface area contributed by atoms with Crippen molar-refractivity contribution in [2.45, 2.75) is 45.1 Å². The van der Waals surface area contributed by atoms with Crippen LogP contribution in [-0.2, 0) is 17.6 Å². The largest absolute Gasteiger partial charge is 0.378 e. The molecule has 1 amide bonds. The van der Waals surface area contributed by atoms with Gasteiger partial charge in [0.1, 0.15) is 0 Å². The minimum absolute atomic E-state index is 0.277. The zero-order valence-corrected chi connectivity index (χ0v) is 14.9. The van der Waals surface area contributed by atoms with Gasteiger partial charge in [-0.1, -0.05) is 42.0 Å². The van der Waals surface area contributed by atoms with Crippen molar-refractivity contribution in [3.8, 4) is 0 Å². The predicted octanol–water partition coefficient (Wildman–Crippen LogP) is 4.26. The molecule has 0 unspecified atom stereocenters. The Bertz CT molecular complexity index is 777. The number of hydrogen-bond acceptors (Lipinski definition) is 2. The van der Waals surface area contributed by atoms with Gasteiger partial charge in [0.05, 0.1) is 12.5 Å². The van der Waals surface area contributed by atoms with Crippen LogP contribution in [-0.4, -0.2) is 23.9 Å². The fourth-order valence-electron chi connectivity index (χ4n) is 4.05. The number of benzene rings is 2. The highest BCUT2D eigenvalue weighted by Crippen LogP contribution is 2.33. The number of likely N-dealkylation sites (tertiary alicyclic amines) is 1. The molecule has 3 heteroatoms. The Morgan fingerprint density at radius 3 is 2.80 bits per heavy atom. The molecule has 2 aliphatic rings. The lowest BCUT2D eigenvalue weighted by atomic mass is 9.91. The topological polar surface area (TPSA) is 32.3 Å². The highest BCUT2D eigenvalue weighted by Gasteiger charge is 2.21. The molecule has 0 aliphatic carbocycles. The molecule has 1 atom stereocenters. The Hall–Kier alpha value is -2.29. The first kappa shape index (κ1) is 16.2. The van der Waals surface area contributed by atoms with Crippen LogP contribution in [0.1, 0.15) is 47.6 Å². The summed E-state index contributed by atoms with van der Waals surface area (Å²) < 4.78 is 0. The summed E-state index contributed by atoms with van der Waals surface area (Å²) in [5, 5.41) is 3.68.